The summed E-state index contributed by atoms with van der Waals surface area (Å²) in [6, 6.07) is 0. The predicted molar refractivity (Wildman–Crippen MR) is 88.2 cm³/mol. The number of aromatic nitrogens is 1. The van der Waals surface area contributed by atoms with Crippen LogP contribution in [0.25, 0.3) is 0 Å². The van der Waals surface area contributed by atoms with Crippen molar-refractivity contribution in [2.75, 3.05) is 18.0 Å². The maximum atomic E-state index is 11.3. The van der Waals surface area contributed by atoms with Gasteiger partial charge in [-0.1, -0.05) is 58.8 Å². The quantitative estimate of drug-likeness (QED) is 0.654. The second-order valence-corrected chi connectivity index (χ2v) is 7.28. The van der Waals surface area contributed by atoms with E-state index in [1.54, 1.807) is 11.3 Å². The zero-order valence-corrected chi connectivity index (χ0v) is 14.3. The molecule has 0 aliphatic rings. The highest BCUT2D eigenvalue weighted by Crippen LogP contribution is 2.33. The average molecular weight is 296 g/mol. The molecule has 0 aliphatic carbocycles. The van der Waals surface area contributed by atoms with Gasteiger partial charge in [0.2, 0.25) is 0 Å². The molecule has 0 spiro atoms. The smallest absolute Gasteiger partial charge is 0.186 e. The summed E-state index contributed by atoms with van der Waals surface area (Å²) < 4.78 is 0. The van der Waals surface area contributed by atoms with Crippen LogP contribution in [-0.2, 0) is 5.41 Å². The molecule has 0 bridgehead atoms. The Hall–Kier alpha value is -0.900. The fraction of sp³-hybridized carbons (Fsp3) is 0.750. The number of hydrogen-bond donors (Lipinski definition) is 0. The second kappa shape index (κ2) is 7.77. The van der Waals surface area contributed by atoms with Crippen molar-refractivity contribution in [1.29, 1.82) is 0 Å². The van der Waals surface area contributed by atoms with Crippen molar-refractivity contribution in [3.05, 3.63) is 10.6 Å². The van der Waals surface area contributed by atoms with E-state index in [2.05, 4.69) is 39.5 Å². The number of nitrogens with zero attached hydrogens (tertiary/aromatic N) is 2. The molecule has 114 valence electrons. The molecule has 0 N–H and O–H groups in total. The number of carbonyl (C=O) groups excluding carboxylic acids is 1. The van der Waals surface area contributed by atoms with E-state index in [-0.39, 0.29) is 5.41 Å². The standard InChI is InChI=1S/C16H28N2OS/c1-6-8-10-18(11-9-7-2)15-17-14(16(3,4)5)13(12-19)20-15/h12H,6-11H2,1-5H3. The third-order valence-corrected chi connectivity index (χ3v) is 4.33. The molecule has 1 rings (SSSR count). The third-order valence-electron chi connectivity index (χ3n) is 3.29. The highest BCUT2D eigenvalue weighted by molar-refractivity contribution is 7.17. The summed E-state index contributed by atoms with van der Waals surface area (Å²) in [6.07, 6.45) is 5.66. The first-order chi connectivity index (χ1) is 9.43. The van der Waals surface area contributed by atoms with Crippen LogP contribution in [0.3, 0.4) is 0 Å². The van der Waals surface area contributed by atoms with Crippen LogP contribution in [-0.4, -0.2) is 24.4 Å². The van der Waals surface area contributed by atoms with Crippen molar-refractivity contribution in [2.45, 2.75) is 65.7 Å². The van der Waals surface area contributed by atoms with Crippen LogP contribution < -0.4 is 4.90 Å². The van der Waals surface area contributed by atoms with E-state index in [0.29, 0.717) is 0 Å². The minimum absolute atomic E-state index is 0.0772. The van der Waals surface area contributed by atoms with Crippen LogP contribution >= 0.6 is 11.3 Å². The largest absolute Gasteiger partial charge is 0.348 e. The Morgan fingerprint density at radius 3 is 2.05 bits per heavy atom. The lowest BCUT2D eigenvalue weighted by atomic mass is 9.91. The van der Waals surface area contributed by atoms with Gasteiger partial charge in [0, 0.05) is 18.5 Å². The topological polar surface area (TPSA) is 33.2 Å². The van der Waals surface area contributed by atoms with Gasteiger partial charge in [-0.2, -0.15) is 0 Å². The molecule has 0 atom stereocenters. The van der Waals surface area contributed by atoms with E-state index in [1.807, 2.05) is 0 Å². The Kier molecular flexibility index (Phi) is 6.66. The van der Waals surface area contributed by atoms with Gasteiger partial charge >= 0.3 is 0 Å². The Balaban J connectivity index is 3.00. The normalized spacial score (nSPS) is 11.7. The van der Waals surface area contributed by atoms with E-state index >= 15 is 0 Å². The molecule has 20 heavy (non-hydrogen) atoms. The minimum Gasteiger partial charge on any atom is -0.348 e. The lowest BCUT2D eigenvalue weighted by Crippen LogP contribution is -2.25. The molecular formula is C16H28N2OS. The van der Waals surface area contributed by atoms with Crippen LogP contribution in [0.2, 0.25) is 0 Å². The van der Waals surface area contributed by atoms with E-state index in [1.165, 1.54) is 25.7 Å². The number of rotatable bonds is 8. The van der Waals surface area contributed by atoms with Crippen molar-refractivity contribution in [2.24, 2.45) is 0 Å². The molecule has 1 heterocycles. The first-order valence-electron chi connectivity index (χ1n) is 7.65. The number of anilines is 1. The summed E-state index contributed by atoms with van der Waals surface area (Å²) in [7, 11) is 0. The monoisotopic (exact) mass is 296 g/mol. The molecular weight excluding hydrogens is 268 g/mol. The molecule has 1 aromatic heterocycles. The molecule has 0 unspecified atom stereocenters. The van der Waals surface area contributed by atoms with E-state index in [9.17, 15) is 4.79 Å². The fourth-order valence-corrected chi connectivity index (χ4v) is 3.22. The first kappa shape index (κ1) is 17.2. The highest BCUT2D eigenvalue weighted by Gasteiger charge is 2.24. The molecule has 0 saturated carbocycles. The van der Waals surface area contributed by atoms with Crippen molar-refractivity contribution in [3.63, 3.8) is 0 Å². The predicted octanol–water partition coefficient (Wildman–Crippen LogP) is 4.66. The highest BCUT2D eigenvalue weighted by atomic mass is 32.1. The summed E-state index contributed by atoms with van der Waals surface area (Å²) in [5, 5.41) is 1.01. The Morgan fingerprint density at radius 1 is 1.15 bits per heavy atom. The van der Waals surface area contributed by atoms with Crippen molar-refractivity contribution in [1.82, 2.24) is 4.98 Å². The second-order valence-electron chi connectivity index (χ2n) is 6.27. The van der Waals surface area contributed by atoms with Crippen LogP contribution in [0.5, 0.6) is 0 Å². The van der Waals surface area contributed by atoms with Gasteiger partial charge in [-0.15, -0.1) is 0 Å². The van der Waals surface area contributed by atoms with Crippen molar-refractivity contribution in [3.8, 4) is 0 Å². The van der Waals surface area contributed by atoms with E-state index in [4.69, 9.17) is 4.98 Å². The van der Waals surface area contributed by atoms with Crippen molar-refractivity contribution < 1.29 is 4.79 Å². The van der Waals surface area contributed by atoms with Gasteiger partial charge in [0.25, 0.3) is 0 Å². The van der Waals surface area contributed by atoms with E-state index in [0.717, 1.165) is 35.1 Å². The van der Waals surface area contributed by atoms with Gasteiger partial charge in [-0.3, -0.25) is 4.79 Å². The Labute approximate surface area is 127 Å². The first-order valence-corrected chi connectivity index (χ1v) is 8.47. The van der Waals surface area contributed by atoms with Crippen LogP contribution in [0.15, 0.2) is 0 Å². The molecule has 3 nitrogen and oxygen atoms in total. The Morgan fingerprint density at radius 2 is 1.70 bits per heavy atom. The van der Waals surface area contributed by atoms with Crippen LogP contribution in [0, 0.1) is 0 Å². The minimum atomic E-state index is -0.0772. The lowest BCUT2D eigenvalue weighted by molar-refractivity contribution is 0.112. The third kappa shape index (κ3) is 4.58. The summed E-state index contributed by atoms with van der Waals surface area (Å²) in [6.45, 7) is 12.8. The SMILES string of the molecule is CCCCN(CCCC)c1nc(C(C)(C)C)c(C=O)s1. The lowest BCUT2D eigenvalue weighted by Gasteiger charge is -2.22. The average Bonchev–Trinajstić information content (AvgIpc) is 2.83. The number of carbonyl (C=O) groups is 1. The molecule has 0 saturated heterocycles. The fourth-order valence-electron chi connectivity index (χ4n) is 2.07. The molecule has 4 heteroatoms. The van der Waals surface area contributed by atoms with Crippen molar-refractivity contribution >= 4 is 22.8 Å². The summed E-state index contributed by atoms with van der Waals surface area (Å²) in [5.74, 6) is 0. The van der Waals surface area contributed by atoms with Gasteiger partial charge in [0.1, 0.15) is 0 Å². The zero-order chi connectivity index (χ0) is 15.2. The molecule has 0 amide bonds. The molecule has 0 fully saturated rings. The van der Waals surface area contributed by atoms with Crippen LogP contribution in [0.4, 0.5) is 5.13 Å². The van der Waals surface area contributed by atoms with Gasteiger partial charge in [0.15, 0.2) is 11.4 Å². The molecule has 0 aromatic carbocycles. The molecule has 0 radical (unpaired) electrons. The number of thiazole rings is 1. The van der Waals surface area contributed by atoms with Gasteiger partial charge in [0.05, 0.1) is 10.6 Å². The number of unbranched alkanes of at least 4 members (excludes halogenated alkanes) is 2. The zero-order valence-electron chi connectivity index (χ0n) is 13.5. The number of hydrogen-bond acceptors (Lipinski definition) is 4. The number of aldehydes is 1. The summed E-state index contributed by atoms with van der Waals surface area (Å²) in [5.41, 5.74) is 0.858. The molecule has 1 aromatic rings. The maximum absolute atomic E-state index is 11.3. The summed E-state index contributed by atoms with van der Waals surface area (Å²) in [4.78, 5) is 19.2. The van der Waals surface area contributed by atoms with Gasteiger partial charge in [-0.05, 0) is 12.8 Å². The van der Waals surface area contributed by atoms with Gasteiger partial charge in [-0.25, -0.2) is 4.98 Å². The molecule has 0 aliphatic heterocycles. The maximum Gasteiger partial charge on any atom is 0.186 e. The summed E-state index contributed by atoms with van der Waals surface area (Å²) >= 11 is 1.54. The van der Waals surface area contributed by atoms with E-state index < -0.39 is 0 Å². The Bertz CT molecular complexity index is 413. The van der Waals surface area contributed by atoms with Gasteiger partial charge < -0.3 is 4.90 Å². The van der Waals surface area contributed by atoms with Crippen LogP contribution in [0.1, 0.15) is 75.7 Å².